The Balaban J connectivity index is 2.50. The summed E-state index contributed by atoms with van der Waals surface area (Å²) < 4.78 is 10.0. The topological polar surface area (TPSA) is 134 Å². The van der Waals surface area contributed by atoms with Crippen molar-refractivity contribution in [1.29, 1.82) is 0 Å². The molecule has 0 radical (unpaired) electrons. The first-order valence-corrected chi connectivity index (χ1v) is 12.9. The van der Waals surface area contributed by atoms with Crippen molar-refractivity contribution in [2.75, 3.05) is 26.8 Å². The first kappa shape index (κ1) is 31.3. The Hall–Kier alpha value is -3.92. The first-order valence-electron chi connectivity index (χ1n) is 12.9. The largest absolute Gasteiger partial charge is 0.468 e. The number of esters is 1. The van der Waals surface area contributed by atoms with E-state index in [1.54, 1.807) is 32.9 Å². The van der Waals surface area contributed by atoms with Gasteiger partial charge in [0.25, 0.3) is 0 Å². The summed E-state index contributed by atoms with van der Waals surface area (Å²) in [6, 6.07) is 13.9. The smallest absolute Gasteiger partial charge is 0.408 e. The SMILES string of the molecule is CCc1ccc(C(C(=O)NCC(=O)OC)N(CCO)C(=O)C(Cc2ccccc2)NC(=O)OC(C)(C)C)cc1. The molecule has 0 spiro atoms. The van der Waals surface area contributed by atoms with Crippen LogP contribution in [0.5, 0.6) is 0 Å². The molecule has 3 N–H and O–H groups in total. The van der Waals surface area contributed by atoms with Crippen LogP contribution in [0.3, 0.4) is 0 Å². The van der Waals surface area contributed by atoms with Crippen molar-refractivity contribution < 1.29 is 33.8 Å². The minimum Gasteiger partial charge on any atom is -0.468 e. The number of carbonyl (C=O) groups is 4. The Morgan fingerprint density at radius 3 is 2.15 bits per heavy atom. The molecular formula is C29H39N3O7. The molecule has 2 aromatic carbocycles. The molecular weight excluding hydrogens is 502 g/mol. The Kier molecular flexibility index (Phi) is 11.9. The number of alkyl carbamates (subject to hydrolysis) is 1. The van der Waals surface area contributed by atoms with Crippen molar-refractivity contribution in [3.8, 4) is 0 Å². The number of amides is 3. The maximum absolute atomic E-state index is 14.0. The van der Waals surface area contributed by atoms with Crippen LogP contribution in [0.2, 0.25) is 0 Å². The zero-order valence-electron chi connectivity index (χ0n) is 23.2. The molecule has 39 heavy (non-hydrogen) atoms. The third-order valence-electron chi connectivity index (χ3n) is 5.79. The van der Waals surface area contributed by atoms with Crippen LogP contribution in [0.25, 0.3) is 0 Å². The maximum Gasteiger partial charge on any atom is 0.408 e. The molecule has 0 aliphatic heterocycles. The summed E-state index contributed by atoms with van der Waals surface area (Å²) in [4.78, 5) is 53.1. The second kappa shape index (κ2) is 14.9. The highest BCUT2D eigenvalue weighted by Crippen LogP contribution is 2.24. The van der Waals surface area contributed by atoms with Gasteiger partial charge in [0.2, 0.25) is 11.8 Å². The fourth-order valence-electron chi connectivity index (χ4n) is 3.91. The minimum atomic E-state index is -1.20. The molecule has 2 atom stereocenters. The number of nitrogens with one attached hydrogen (secondary N) is 2. The number of hydrogen-bond acceptors (Lipinski definition) is 7. The Bertz CT molecular complexity index is 1100. The van der Waals surface area contributed by atoms with Crippen LogP contribution >= 0.6 is 0 Å². The quantitative estimate of drug-likeness (QED) is 0.352. The zero-order chi connectivity index (χ0) is 29.0. The molecule has 0 fully saturated rings. The summed E-state index contributed by atoms with van der Waals surface area (Å²) in [5, 5.41) is 15.1. The molecule has 0 aliphatic carbocycles. The van der Waals surface area contributed by atoms with E-state index in [2.05, 4.69) is 15.4 Å². The van der Waals surface area contributed by atoms with E-state index < -0.39 is 54.7 Å². The number of nitrogens with zero attached hydrogens (tertiary/aromatic N) is 1. The summed E-state index contributed by atoms with van der Waals surface area (Å²) in [5.41, 5.74) is 1.48. The third-order valence-corrected chi connectivity index (χ3v) is 5.79. The van der Waals surface area contributed by atoms with Gasteiger partial charge in [0.05, 0.1) is 13.7 Å². The molecule has 0 bridgehead atoms. The number of aliphatic hydroxyl groups excluding tert-OH is 1. The molecule has 3 amide bonds. The standard InChI is InChI=1S/C29H39N3O7/c1-6-20-12-14-22(15-13-20)25(26(35)30-19-24(34)38-5)32(16-17-33)27(36)23(18-21-10-8-7-9-11-21)31-28(37)39-29(2,3)4/h7-15,23,25,33H,6,16-19H2,1-5H3,(H,30,35)(H,31,37). The summed E-state index contributed by atoms with van der Waals surface area (Å²) in [6.07, 6.45) is 0.101. The molecule has 0 saturated carbocycles. The molecule has 0 saturated heterocycles. The Morgan fingerprint density at radius 2 is 1.62 bits per heavy atom. The number of rotatable bonds is 12. The number of carbonyl (C=O) groups excluding carboxylic acids is 4. The lowest BCUT2D eigenvalue weighted by Gasteiger charge is -2.34. The highest BCUT2D eigenvalue weighted by molar-refractivity contribution is 5.93. The minimum absolute atomic E-state index is 0.117. The number of hydrogen-bond donors (Lipinski definition) is 3. The van der Waals surface area contributed by atoms with Gasteiger partial charge in [-0.1, -0.05) is 61.5 Å². The van der Waals surface area contributed by atoms with Crippen molar-refractivity contribution >= 4 is 23.9 Å². The van der Waals surface area contributed by atoms with E-state index in [9.17, 15) is 24.3 Å². The van der Waals surface area contributed by atoms with Crippen LogP contribution in [0.4, 0.5) is 4.79 Å². The number of benzene rings is 2. The van der Waals surface area contributed by atoms with E-state index >= 15 is 0 Å². The molecule has 10 nitrogen and oxygen atoms in total. The van der Waals surface area contributed by atoms with Gasteiger partial charge in [-0.3, -0.25) is 14.4 Å². The molecule has 10 heteroatoms. The third kappa shape index (κ3) is 10.0. The van der Waals surface area contributed by atoms with Gasteiger partial charge in [0.1, 0.15) is 24.2 Å². The normalized spacial score (nSPS) is 12.6. The average molecular weight is 542 g/mol. The van der Waals surface area contributed by atoms with Crippen molar-refractivity contribution in [2.24, 2.45) is 0 Å². The number of aryl methyl sites for hydroxylation is 1. The van der Waals surface area contributed by atoms with Crippen molar-refractivity contribution in [2.45, 2.75) is 58.2 Å². The predicted molar refractivity (Wildman–Crippen MR) is 146 cm³/mol. The van der Waals surface area contributed by atoms with Crippen LogP contribution in [-0.4, -0.2) is 72.3 Å². The fraction of sp³-hybridized carbons (Fsp3) is 0.448. The van der Waals surface area contributed by atoms with Gasteiger partial charge < -0.3 is 30.1 Å². The van der Waals surface area contributed by atoms with Crippen molar-refractivity contribution in [3.05, 3.63) is 71.3 Å². The maximum atomic E-state index is 14.0. The lowest BCUT2D eigenvalue weighted by molar-refractivity contribution is -0.145. The van der Waals surface area contributed by atoms with E-state index in [-0.39, 0.29) is 13.0 Å². The second-order valence-corrected chi connectivity index (χ2v) is 9.94. The van der Waals surface area contributed by atoms with Gasteiger partial charge in [-0.15, -0.1) is 0 Å². The summed E-state index contributed by atoms with van der Waals surface area (Å²) in [5.74, 6) is -1.89. The molecule has 212 valence electrons. The van der Waals surface area contributed by atoms with E-state index in [4.69, 9.17) is 4.74 Å². The number of methoxy groups -OCH3 is 1. The lowest BCUT2D eigenvalue weighted by Crippen LogP contribution is -2.54. The Morgan fingerprint density at radius 1 is 0.974 bits per heavy atom. The van der Waals surface area contributed by atoms with Gasteiger partial charge in [-0.2, -0.15) is 0 Å². The Labute approximate surface area is 229 Å². The van der Waals surface area contributed by atoms with Gasteiger partial charge >= 0.3 is 12.1 Å². The van der Waals surface area contributed by atoms with Crippen molar-refractivity contribution in [1.82, 2.24) is 15.5 Å². The van der Waals surface area contributed by atoms with E-state index in [1.165, 1.54) is 12.0 Å². The van der Waals surface area contributed by atoms with Gasteiger partial charge in [-0.05, 0) is 43.9 Å². The van der Waals surface area contributed by atoms with Crippen LogP contribution < -0.4 is 10.6 Å². The monoisotopic (exact) mass is 541 g/mol. The average Bonchev–Trinajstić information content (AvgIpc) is 2.90. The van der Waals surface area contributed by atoms with Gasteiger partial charge in [0, 0.05) is 13.0 Å². The molecule has 0 aromatic heterocycles. The summed E-state index contributed by atoms with van der Waals surface area (Å²) in [6.45, 7) is 6.08. The highest BCUT2D eigenvalue weighted by atomic mass is 16.6. The predicted octanol–water partition coefficient (Wildman–Crippen LogP) is 2.54. The fourth-order valence-corrected chi connectivity index (χ4v) is 3.91. The van der Waals surface area contributed by atoms with Crippen LogP contribution in [0.15, 0.2) is 54.6 Å². The van der Waals surface area contributed by atoms with Crippen LogP contribution in [0, 0.1) is 0 Å². The van der Waals surface area contributed by atoms with Gasteiger partial charge in [-0.25, -0.2) is 4.79 Å². The molecule has 2 aromatic rings. The molecule has 2 rings (SSSR count). The molecule has 0 heterocycles. The first-order chi connectivity index (χ1) is 18.5. The summed E-state index contributed by atoms with van der Waals surface area (Å²) >= 11 is 0. The highest BCUT2D eigenvalue weighted by Gasteiger charge is 2.36. The number of aliphatic hydroxyl groups is 1. The van der Waals surface area contributed by atoms with Gasteiger partial charge in [0.15, 0.2) is 0 Å². The van der Waals surface area contributed by atoms with Crippen LogP contribution in [-0.2, 0) is 36.7 Å². The molecule has 0 aliphatic rings. The molecule has 2 unspecified atom stereocenters. The van der Waals surface area contributed by atoms with E-state index in [0.29, 0.717) is 5.56 Å². The van der Waals surface area contributed by atoms with E-state index in [0.717, 1.165) is 17.5 Å². The lowest BCUT2D eigenvalue weighted by atomic mass is 9.99. The zero-order valence-corrected chi connectivity index (χ0v) is 23.2. The number of ether oxygens (including phenoxy) is 2. The summed E-state index contributed by atoms with van der Waals surface area (Å²) in [7, 11) is 1.20. The van der Waals surface area contributed by atoms with Crippen molar-refractivity contribution in [3.63, 3.8) is 0 Å². The van der Waals surface area contributed by atoms with E-state index in [1.807, 2.05) is 49.4 Å². The van der Waals surface area contributed by atoms with Crippen LogP contribution in [0.1, 0.15) is 50.4 Å². The second-order valence-electron chi connectivity index (χ2n) is 9.94.